The fourth-order valence-electron chi connectivity index (χ4n) is 2.14. The Kier molecular flexibility index (Phi) is 5.17. The van der Waals surface area contributed by atoms with Gasteiger partial charge in [-0.1, -0.05) is 24.3 Å². The Bertz CT molecular complexity index is 628. The van der Waals surface area contributed by atoms with Crippen LogP contribution < -0.4 is 0 Å². The van der Waals surface area contributed by atoms with Crippen LogP contribution in [0.5, 0.6) is 0 Å². The summed E-state index contributed by atoms with van der Waals surface area (Å²) < 4.78 is 26.6. The van der Waals surface area contributed by atoms with Gasteiger partial charge in [0.25, 0.3) is 0 Å². The molecule has 0 amide bonds. The summed E-state index contributed by atoms with van der Waals surface area (Å²) in [4.78, 5) is 13.9. The molecule has 0 aliphatic heterocycles. The van der Waals surface area contributed by atoms with Crippen LogP contribution in [-0.2, 0) is 6.54 Å². The summed E-state index contributed by atoms with van der Waals surface area (Å²) in [5.41, 5.74) is 0.965. The largest absolute Gasteiger partial charge is 0.302 e. The number of nitrogens with zero attached hydrogens (tertiary/aromatic N) is 1. The number of Topliss-reactive ketones (excluding diaryl/α,β-unsaturated/α-hetero) is 1. The van der Waals surface area contributed by atoms with Crippen LogP contribution in [0.1, 0.15) is 22.3 Å². The van der Waals surface area contributed by atoms with Gasteiger partial charge >= 0.3 is 0 Å². The lowest BCUT2D eigenvalue weighted by molar-refractivity contribution is 0.0964. The Morgan fingerprint density at radius 3 is 2.57 bits per heavy atom. The molecule has 0 fully saturated rings. The molecule has 0 unspecified atom stereocenters. The molecule has 2 rings (SSSR count). The monoisotopic (exact) mass is 289 g/mol. The molecular formula is C17H17F2NO. The SMILES string of the molecule is CN(CCC(=O)c1ccccc1F)Cc1cccc(F)c1. The van der Waals surface area contributed by atoms with Gasteiger partial charge in [0, 0.05) is 19.5 Å². The van der Waals surface area contributed by atoms with Gasteiger partial charge in [-0.25, -0.2) is 8.78 Å². The van der Waals surface area contributed by atoms with Crippen molar-refractivity contribution in [2.75, 3.05) is 13.6 Å². The van der Waals surface area contributed by atoms with Gasteiger partial charge in [-0.15, -0.1) is 0 Å². The van der Waals surface area contributed by atoms with Crippen LogP contribution in [-0.4, -0.2) is 24.3 Å². The molecule has 0 aromatic heterocycles. The zero-order chi connectivity index (χ0) is 15.2. The third kappa shape index (κ3) is 4.46. The predicted molar refractivity (Wildman–Crippen MR) is 78.1 cm³/mol. The number of benzene rings is 2. The Balaban J connectivity index is 1.88. The minimum Gasteiger partial charge on any atom is -0.302 e. The molecule has 0 heterocycles. The van der Waals surface area contributed by atoms with Crippen LogP contribution in [0, 0.1) is 11.6 Å². The van der Waals surface area contributed by atoms with Crippen LogP contribution in [0.25, 0.3) is 0 Å². The van der Waals surface area contributed by atoms with Gasteiger partial charge in [0.1, 0.15) is 11.6 Å². The topological polar surface area (TPSA) is 20.3 Å². The van der Waals surface area contributed by atoms with E-state index in [2.05, 4.69) is 0 Å². The highest BCUT2D eigenvalue weighted by atomic mass is 19.1. The van der Waals surface area contributed by atoms with Gasteiger partial charge in [0.2, 0.25) is 0 Å². The maximum absolute atomic E-state index is 13.5. The van der Waals surface area contributed by atoms with Crippen molar-refractivity contribution < 1.29 is 13.6 Å². The molecule has 0 N–H and O–H groups in total. The summed E-state index contributed by atoms with van der Waals surface area (Å²) in [6.45, 7) is 1.03. The van der Waals surface area contributed by atoms with E-state index < -0.39 is 5.82 Å². The summed E-state index contributed by atoms with van der Waals surface area (Å²) >= 11 is 0. The molecule has 0 aliphatic carbocycles. The number of halogens is 2. The van der Waals surface area contributed by atoms with Crippen molar-refractivity contribution in [1.82, 2.24) is 4.90 Å². The first-order chi connectivity index (χ1) is 10.1. The summed E-state index contributed by atoms with van der Waals surface area (Å²) in [5, 5.41) is 0. The Morgan fingerprint density at radius 2 is 1.86 bits per heavy atom. The van der Waals surface area contributed by atoms with Gasteiger partial charge < -0.3 is 4.90 Å². The molecule has 0 radical (unpaired) electrons. The van der Waals surface area contributed by atoms with Crippen LogP contribution >= 0.6 is 0 Å². The van der Waals surface area contributed by atoms with Crippen LogP contribution in [0.15, 0.2) is 48.5 Å². The summed E-state index contributed by atoms with van der Waals surface area (Å²) in [5.74, 6) is -0.988. The molecule has 21 heavy (non-hydrogen) atoms. The zero-order valence-electron chi connectivity index (χ0n) is 11.9. The summed E-state index contributed by atoms with van der Waals surface area (Å²) in [6, 6.07) is 12.3. The number of ketones is 1. The van der Waals surface area contributed by atoms with E-state index in [4.69, 9.17) is 0 Å². The third-order valence-electron chi connectivity index (χ3n) is 3.24. The van der Waals surface area contributed by atoms with Crippen LogP contribution in [0.2, 0.25) is 0 Å². The number of hydrogen-bond acceptors (Lipinski definition) is 2. The van der Waals surface area contributed by atoms with E-state index in [1.165, 1.54) is 24.3 Å². The standard InChI is InChI=1S/C17H17F2NO/c1-20(12-13-5-4-6-14(18)11-13)10-9-17(21)15-7-2-3-8-16(15)19/h2-8,11H,9-10,12H2,1H3. The lowest BCUT2D eigenvalue weighted by Crippen LogP contribution is -2.21. The Hall–Kier alpha value is -2.07. The second-order valence-corrected chi connectivity index (χ2v) is 5.02. The maximum Gasteiger partial charge on any atom is 0.167 e. The molecule has 0 saturated heterocycles. The number of carbonyl (C=O) groups excluding carboxylic acids is 1. The van der Waals surface area contributed by atoms with Crippen molar-refractivity contribution in [3.05, 3.63) is 71.3 Å². The second-order valence-electron chi connectivity index (χ2n) is 5.02. The molecule has 2 aromatic rings. The fraction of sp³-hybridized carbons (Fsp3) is 0.235. The van der Waals surface area contributed by atoms with Gasteiger partial charge in [-0.05, 0) is 36.9 Å². The average molecular weight is 289 g/mol. The van der Waals surface area contributed by atoms with Crippen molar-refractivity contribution in [2.45, 2.75) is 13.0 Å². The quantitative estimate of drug-likeness (QED) is 0.756. The highest BCUT2D eigenvalue weighted by Gasteiger charge is 2.11. The molecule has 2 aromatic carbocycles. The summed E-state index contributed by atoms with van der Waals surface area (Å²) in [6.07, 6.45) is 0.229. The molecule has 0 bridgehead atoms. The first kappa shape index (κ1) is 15.3. The average Bonchev–Trinajstić information content (AvgIpc) is 2.45. The molecule has 0 saturated carbocycles. The van der Waals surface area contributed by atoms with Gasteiger partial charge in [-0.3, -0.25) is 4.79 Å². The number of carbonyl (C=O) groups is 1. The minimum atomic E-state index is -0.490. The molecular weight excluding hydrogens is 272 g/mol. The van der Waals surface area contributed by atoms with E-state index in [-0.39, 0.29) is 23.6 Å². The molecule has 0 spiro atoms. The van der Waals surface area contributed by atoms with E-state index in [9.17, 15) is 13.6 Å². The van der Waals surface area contributed by atoms with Crippen LogP contribution in [0.4, 0.5) is 8.78 Å². The molecule has 0 atom stereocenters. The minimum absolute atomic E-state index is 0.122. The fourth-order valence-corrected chi connectivity index (χ4v) is 2.14. The molecule has 4 heteroatoms. The lowest BCUT2D eigenvalue weighted by atomic mass is 10.1. The normalized spacial score (nSPS) is 10.9. The van der Waals surface area contributed by atoms with Crippen molar-refractivity contribution in [1.29, 1.82) is 0 Å². The van der Waals surface area contributed by atoms with Gasteiger partial charge in [0.05, 0.1) is 5.56 Å². The Labute approximate surface area is 123 Å². The predicted octanol–water partition coefficient (Wildman–Crippen LogP) is 3.67. The maximum atomic E-state index is 13.5. The first-order valence-corrected chi connectivity index (χ1v) is 6.77. The Morgan fingerprint density at radius 1 is 1.10 bits per heavy atom. The van der Waals surface area contributed by atoms with E-state index >= 15 is 0 Å². The molecule has 2 nitrogen and oxygen atoms in total. The van der Waals surface area contributed by atoms with Crippen molar-refractivity contribution in [2.24, 2.45) is 0 Å². The van der Waals surface area contributed by atoms with Gasteiger partial charge in [-0.2, -0.15) is 0 Å². The molecule has 110 valence electrons. The number of rotatable bonds is 6. The summed E-state index contributed by atoms with van der Waals surface area (Å²) in [7, 11) is 1.85. The lowest BCUT2D eigenvalue weighted by Gasteiger charge is -2.16. The van der Waals surface area contributed by atoms with Gasteiger partial charge in [0.15, 0.2) is 5.78 Å². The van der Waals surface area contributed by atoms with E-state index in [0.717, 1.165) is 5.56 Å². The van der Waals surface area contributed by atoms with E-state index in [1.807, 2.05) is 18.0 Å². The zero-order valence-corrected chi connectivity index (χ0v) is 11.9. The third-order valence-corrected chi connectivity index (χ3v) is 3.24. The van der Waals surface area contributed by atoms with Crippen molar-refractivity contribution in [3.63, 3.8) is 0 Å². The van der Waals surface area contributed by atoms with Crippen molar-refractivity contribution >= 4 is 5.78 Å². The first-order valence-electron chi connectivity index (χ1n) is 6.77. The van der Waals surface area contributed by atoms with Crippen LogP contribution in [0.3, 0.4) is 0 Å². The number of hydrogen-bond donors (Lipinski definition) is 0. The van der Waals surface area contributed by atoms with Crippen molar-refractivity contribution in [3.8, 4) is 0 Å². The van der Waals surface area contributed by atoms with E-state index in [0.29, 0.717) is 13.1 Å². The second kappa shape index (κ2) is 7.09. The molecule has 0 aliphatic rings. The van der Waals surface area contributed by atoms with E-state index in [1.54, 1.807) is 18.2 Å². The highest BCUT2D eigenvalue weighted by Crippen LogP contribution is 2.11. The highest BCUT2D eigenvalue weighted by molar-refractivity contribution is 5.96. The smallest absolute Gasteiger partial charge is 0.167 e.